The highest BCUT2D eigenvalue weighted by Gasteiger charge is 2.40. The summed E-state index contributed by atoms with van der Waals surface area (Å²) in [5.41, 5.74) is 1.45. The van der Waals surface area contributed by atoms with Crippen LogP contribution in [-0.4, -0.2) is 41.6 Å². The van der Waals surface area contributed by atoms with Crippen molar-refractivity contribution < 1.29 is 31.2 Å². The van der Waals surface area contributed by atoms with Crippen LogP contribution >= 0.6 is 11.8 Å². The molecule has 1 aliphatic rings. The number of nitrogens with one attached hydrogen (secondary N) is 1. The van der Waals surface area contributed by atoms with Crippen LogP contribution in [0.1, 0.15) is 67.5 Å². The second kappa shape index (κ2) is 10.6. The first-order valence-electron chi connectivity index (χ1n) is 11.2. The van der Waals surface area contributed by atoms with Crippen molar-refractivity contribution in [3.05, 3.63) is 65.2 Å². The van der Waals surface area contributed by atoms with Gasteiger partial charge in [0.05, 0.1) is 18.6 Å². The van der Waals surface area contributed by atoms with Crippen molar-refractivity contribution in [2.24, 2.45) is 0 Å². The van der Waals surface area contributed by atoms with Gasteiger partial charge < -0.3 is 5.11 Å². The molecular weight excluding hydrogens is 487 g/mol. The summed E-state index contributed by atoms with van der Waals surface area (Å²) in [6.45, 7) is 3.55. The highest BCUT2D eigenvalue weighted by molar-refractivity contribution is 7.99. The maximum Gasteiger partial charge on any atom is 0.391 e. The van der Waals surface area contributed by atoms with Crippen molar-refractivity contribution in [3.8, 4) is 0 Å². The second-order valence-electron chi connectivity index (χ2n) is 8.80. The Hall–Kier alpha value is -1.59. The fourth-order valence-corrected chi connectivity index (χ4v) is 6.86. The Balaban J connectivity index is 2.05. The van der Waals surface area contributed by atoms with E-state index in [0.717, 1.165) is 16.0 Å². The molecule has 4 unspecified atom stereocenters. The molecule has 1 aliphatic heterocycles. The van der Waals surface area contributed by atoms with Crippen LogP contribution in [0, 0.1) is 0 Å². The molecule has 0 fully saturated rings. The van der Waals surface area contributed by atoms with Gasteiger partial charge in [-0.3, -0.25) is 9.87 Å². The number of fused-ring (bicyclic) bond motifs is 1. The summed E-state index contributed by atoms with van der Waals surface area (Å²) in [4.78, 5) is 0.793. The molecule has 188 valence electrons. The van der Waals surface area contributed by atoms with Gasteiger partial charge in [0.2, 0.25) is 0 Å². The van der Waals surface area contributed by atoms with Crippen molar-refractivity contribution in [1.82, 2.24) is 5.32 Å². The Morgan fingerprint density at radius 3 is 2.41 bits per heavy atom. The summed E-state index contributed by atoms with van der Waals surface area (Å²) in [6.07, 6.45) is -6.69. The zero-order valence-electron chi connectivity index (χ0n) is 19.0. The zero-order valence-corrected chi connectivity index (χ0v) is 20.7. The van der Waals surface area contributed by atoms with Gasteiger partial charge in [0, 0.05) is 16.2 Å². The molecule has 4 atom stereocenters. The van der Waals surface area contributed by atoms with E-state index in [-0.39, 0.29) is 18.9 Å². The maximum absolute atomic E-state index is 12.9. The molecule has 0 amide bonds. The summed E-state index contributed by atoms with van der Waals surface area (Å²) >= 11 is 1.42. The van der Waals surface area contributed by atoms with Crippen molar-refractivity contribution in [2.75, 3.05) is 5.75 Å². The first-order chi connectivity index (χ1) is 15.9. The van der Waals surface area contributed by atoms with Crippen LogP contribution in [0.2, 0.25) is 0 Å². The zero-order chi connectivity index (χ0) is 25.1. The van der Waals surface area contributed by atoms with Crippen molar-refractivity contribution in [3.63, 3.8) is 0 Å². The van der Waals surface area contributed by atoms with Gasteiger partial charge in [0.25, 0.3) is 10.1 Å². The molecule has 0 aliphatic carbocycles. The van der Waals surface area contributed by atoms with Crippen molar-refractivity contribution >= 4 is 21.9 Å². The van der Waals surface area contributed by atoms with Gasteiger partial charge in [-0.2, -0.15) is 21.6 Å². The maximum atomic E-state index is 12.9. The van der Waals surface area contributed by atoms with Crippen molar-refractivity contribution in [2.45, 2.75) is 73.5 Å². The van der Waals surface area contributed by atoms with E-state index in [2.05, 4.69) is 5.32 Å². The Morgan fingerprint density at radius 2 is 1.85 bits per heavy atom. The Bertz CT molecular complexity index is 1080. The lowest BCUT2D eigenvalue weighted by Crippen LogP contribution is -2.50. The van der Waals surface area contributed by atoms with E-state index in [1.165, 1.54) is 11.8 Å². The third kappa shape index (κ3) is 6.54. The summed E-state index contributed by atoms with van der Waals surface area (Å²) in [6, 6.07) is 14.3. The summed E-state index contributed by atoms with van der Waals surface area (Å²) in [5.74, 6) is 0.390. The molecular formula is C24H30F3NO4S2. The minimum Gasteiger partial charge on any atom is -0.393 e. The van der Waals surface area contributed by atoms with E-state index >= 15 is 0 Å². The molecule has 2 aromatic rings. The first-order valence-corrected chi connectivity index (χ1v) is 13.7. The van der Waals surface area contributed by atoms with Crippen LogP contribution in [0.25, 0.3) is 0 Å². The second-order valence-corrected chi connectivity index (χ2v) is 11.4. The minimum atomic E-state index is -4.46. The standard InChI is InChI=1S/C24H30F3NO4S2/c1-3-21(34(30,31)32)17-10-11-19-20(12-17)33-15-23(4-2,13-18(29)14-24(25,26)27)28-22(19)16-8-6-5-7-9-16/h5-12,18,21-22,28-29H,3-4,13-15H2,1-2H3,(H,30,31,32). The fourth-order valence-electron chi connectivity index (χ4n) is 4.54. The van der Waals surface area contributed by atoms with Gasteiger partial charge >= 0.3 is 6.18 Å². The Kier molecular flexibility index (Phi) is 8.40. The van der Waals surface area contributed by atoms with Crippen LogP contribution < -0.4 is 5.32 Å². The quantitative estimate of drug-likeness (QED) is 0.392. The average molecular weight is 518 g/mol. The third-order valence-electron chi connectivity index (χ3n) is 6.31. The average Bonchev–Trinajstić information content (AvgIpc) is 2.90. The van der Waals surface area contributed by atoms with Gasteiger partial charge in [0.15, 0.2) is 0 Å². The van der Waals surface area contributed by atoms with Gasteiger partial charge in [0.1, 0.15) is 5.25 Å². The Labute approximate surface area is 202 Å². The van der Waals surface area contributed by atoms with Crippen LogP contribution in [0.15, 0.2) is 53.4 Å². The number of hydrogen-bond donors (Lipinski definition) is 3. The highest BCUT2D eigenvalue weighted by Crippen LogP contribution is 2.43. The van der Waals surface area contributed by atoms with Gasteiger partial charge in [-0.1, -0.05) is 56.3 Å². The molecule has 0 spiro atoms. The molecule has 1 heterocycles. The number of benzene rings is 2. The molecule has 0 aromatic heterocycles. The van der Waals surface area contributed by atoms with Gasteiger partial charge in [-0.15, -0.1) is 11.8 Å². The Morgan fingerprint density at radius 1 is 1.18 bits per heavy atom. The van der Waals surface area contributed by atoms with Crippen LogP contribution in [0.3, 0.4) is 0 Å². The molecule has 3 N–H and O–H groups in total. The fraction of sp³-hybridized carbons (Fsp3) is 0.500. The highest BCUT2D eigenvalue weighted by atomic mass is 32.2. The minimum absolute atomic E-state index is 0.0806. The first kappa shape index (κ1) is 27.0. The molecule has 0 saturated carbocycles. The van der Waals surface area contributed by atoms with E-state index < -0.39 is 39.6 Å². The molecule has 0 saturated heterocycles. The summed E-state index contributed by atoms with van der Waals surface area (Å²) in [7, 11) is -4.29. The predicted octanol–water partition coefficient (Wildman–Crippen LogP) is 5.66. The lowest BCUT2D eigenvalue weighted by atomic mass is 9.86. The van der Waals surface area contributed by atoms with E-state index in [0.29, 0.717) is 17.7 Å². The van der Waals surface area contributed by atoms with Crippen LogP contribution in [0.5, 0.6) is 0 Å². The number of aliphatic hydroxyl groups excluding tert-OH is 1. The molecule has 34 heavy (non-hydrogen) atoms. The van der Waals surface area contributed by atoms with E-state index in [1.807, 2.05) is 43.3 Å². The lowest BCUT2D eigenvalue weighted by molar-refractivity contribution is -0.155. The lowest BCUT2D eigenvalue weighted by Gasteiger charge is -2.37. The predicted molar refractivity (Wildman–Crippen MR) is 127 cm³/mol. The smallest absolute Gasteiger partial charge is 0.391 e. The van der Waals surface area contributed by atoms with Crippen molar-refractivity contribution in [1.29, 1.82) is 0 Å². The van der Waals surface area contributed by atoms with E-state index in [4.69, 9.17) is 0 Å². The molecule has 0 bridgehead atoms. The van der Waals surface area contributed by atoms with E-state index in [9.17, 15) is 31.2 Å². The summed E-state index contributed by atoms with van der Waals surface area (Å²) in [5, 5.41) is 12.8. The van der Waals surface area contributed by atoms with Gasteiger partial charge in [-0.25, -0.2) is 0 Å². The van der Waals surface area contributed by atoms with Crippen LogP contribution in [-0.2, 0) is 10.1 Å². The topological polar surface area (TPSA) is 86.6 Å². The number of thioether (sulfide) groups is 1. The molecule has 2 aromatic carbocycles. The van der Waals surface area contributed by atoms with E-state index in [1.54, 1.807) is 19.1 Å². The number of alkyl halides is 3. The SMILES string of the molecule is CCC(c1ccc2c(c1)SCC(CC)(CC(O)CC(F)(F)F)NC2c1ccccc1)S(=O)(=O)O. The van der Waals surface area contributed by atoms with Gasteiger partial charge in [-0.05, 0) is 42.0 Å². The molecule has 5 nitrogen and oxygen atoms in total. The number of aliphatic hydroxyl groups is 1. The largest absolute Gasteiger partial charge is 0.393 e. The number of rotatable bonds is 8. The molecule has 3 rings (SSSR count). The molecule has 10 heteroatoms. The normalized spacial score (nSPS) is 23.1. The summed E-state index contributed by atoms with van der Waals surface area (Å²) < 4.78 is 72.2. The monoisotopic (exact) mass is 517 g/mol. The van der Waals surface area contributed by atoms with Crippen LogP contribution in [0.4, 0.5) is 13.2 Å². The third-order valence-corrected chi connectivity index (χ3v) is 8.99. The number of hydrogen-bond acceptors (Lipinski definition) is 5. The number of halogens is 3. The molecule has 0 radical (unpaired) electrons.